The van der Waals surface area contributed by atoms with Gasteiger partial charge in [0, 0.05) is 11.1 Å². The molecule has 106 valence electrons. The van der Waals surface area contributed by atoms with Crippen molar-refractivity contribution in [2.45, 2.75) is 6.92 Å². The SMILES string of the molecule is C/C(=C\C(=O)c1ccc(Oc2ccccc2)cc1)C(=O)O. The lowest BCUT2D eigenvalue weighted by molar-refractivity contribution is -0.132. The number of aliphatic carboxylic acids is 1. The summed E-state index contributed by atoms with van der Waals surface area (Å²) in [6.07, 6.45) is 1.11. The van der Waals surface area contributed by atoms with Crippen molar-refractivity contribution in [1.82, 2.24) is 0 Å². The van der Waals surface area contributed by atoms with Gasteiger partial charge >= 0.3 is 5.97 Å². The molecule has 0 radical (unpaired) electrons. The van der Waals surface area contributed by atoms with Crippen LogP contribution in [0.4, 0.5) is 0 Å². The number of carboxylic acid groups (broad SMARTS) is 1. The van der Waals surface area contributed by atoms with Crippen LogP contribution in [0.25, 0.3) is 0 Å². The zero-order valence-corrected chi connectivity index (χ0v) is 11.4. The molecular formula is C17H14O4. The number of rotatable bonds is 5. The van der Waals surface area contributed by atoms with Crippen molar-refractivity contribution in [3.63, 3.8) is 0 Å². The Balaban J connectivity index is 2.10. The van der Waals surface area contributed by atoms with Crippen LogP contribution in [0, 0.1) is 0 Å². The largest absolute Gasteiger partial charge is 0.478 e. The molecule has 0 saturated heterocycles. The maximum absolute atomic E-state index is 11.8. The Morgan fingerprint density at radius 1 is 0.952 bits per heavy atom. The molecule has 0 aliphatic heterocycles. The van der Waals surface area contributed by atoms with Crippen molar-refractivity contribution in [3.05, 3.63) is 71.8 Å². The summed E-state index contributed by atoms with van der Waals surface area (Å²) >= 11 is 0. The van der Waals surface area contributed by atoms with E-state index < -0.39 is 5.97 Å². The fourth-order valence-electron chi connectivity index (χ4n) is 1.65. The van der Waals surface area contributed by atoms with E-state index in [1.54, 1.807) is 24.3 Å². The minimum absolute atomic E-state index is 0.00427. The number of allylic oxidation sites excluding steroid dienone is 1. The van der Waals surface area contributed by atoms with Crippen LogP contribution in [-0.2, 0) is 4.79 Å². The zero-order chi connectivity index (χ0) is 15.2. The molecule has 0 saturated carbocycles. The monoisotopic (exact) mass is 282 g/mol. The third-order valence-corrected chi connectivity index (χ3v) is 2.80. The highest BCUT2D eigenvalue weighted by Crippen LogP contribution is 2.21. The van der Waals surface area contributed by atoms with Gasteiger partial charge in [-0.3, -0.25) is 4.79 Å². The number of hydrogen-bond acceptors (Lipinski definition) is 3. The lowest BCUT2D eigenvalue weighted by Gasteiger charge is -2.05. The Bertz CT molecular complexity index is 670. The molecule has 2 aromatic rings. The van der Waals surface area contributed by atoms with Crippen molar-refractivity contribution >= 4 is 11.8 Å². The average Bonchev–Trinajstić information content (AvgIpc) is 2.48. The molecule has 2 rings (SSSR count). The zero-order valence-electron chi connectivity index (χ0n) is 11.4. The highest BCUT2D eigenvalue weighted by Gasteiger charge is 2.07. The Kier molecular flexibility index (Phi) is 4.51. The van der Waals surface area contributed by atoms with E-state index in [9.17, 15) is 9.59 Å². The molecule has 0 unspecified atom stereocenters. The van der Waals surface area contributed by atoms with Crippen LogP contribution in [0.15, 0.2) is 66.2 Å². The number of ketones is 1. The highest BCUT2D eigenvalue weighted by atomic mass is 16.5. The van der Waals surface area contributed by atoms with Crippen molar-refractivity contribution in [2.75, 3.05) is 0 Å². The van der Waals surface area contributed by atoms with Crippen molar-refractivity contribution in [2.24, 2.45) is 0 Å². The molecule has 0 aliphatic rings. The lowest BCUT2D eigenvalue weighted by atomic mass is 10.1. The number of carboxylic acids is 1. The first kappa shape index (κ1) is 14.5. The van der Waals surface area contributed by atoms with Gasteiger partial charge in [0.15, 0.2) is 5.78 Å². The normalized spacial score (nSPS) is 11.0. The van der Waals surface area contributed by atoms with Crippen LogP contribution >= 0.6 is 0 Å². The van der Waals surface area contributed by atoms with E-state index in [0.29, 0.717) is 17.1 Å². The average molecular weight is 282 g/mol. The van der Waals surface area contributed by atoms with E-state index in [-0.39, 0.29) is 11.4 Å². The first-order chi connectivity index (χ1) is 10.1. The number of para-hydroxylation sites is 1. The number of benzene rings is 2. The summed E-state index contributed by atoms with van der Waals surface area (Å²) in [5.41, 5.74) is 0.417. The standard InChI is InChI=1S/C17H14O4/c1-12(17(19)20)11-16(18)13-7-9-15(10-8-13)21-14-5-3-2-4-6-14/h2-11H,1H3,(H,19,20)/b12-11+. The van der Waals surface area contributed by atoms with Gasteiger partial charge in [-0.25, -0.2) is 4.79 Å². The fourth-order valence-corrected chi connectivity index (χ4v) is 1.65. The summed E-state index contributed by atoms with van der Waals surface area (Å²) in [7, 11) is 0. The van der Waals surface area contributed by atoms with Crippen LogP contribution in [0.3, 0.4) is 0 Å². The first-order valence-electron chi connectivity index (χ1n) is 6.35. The molecular weight excluding hydrogens is 268 g/mol. The molecule has 0 fully saturated rings. The lowest BCUT2D eigenvalue weighted by Crippen LogP contribution is -2.01. The summed E-state index contributed by atoms with van der Waals surface area (Å²) in [5.74, 6) is -0.136. The highest BCUT2D eigenvalue weighted by molar-refractivity contribution is 6.08. The summed E-state index contributed by atoms with van der Waals surface area (Å²) < 4.78 is 5.61. The maximum atomic E-state index is 11.8. The van der Waals surface area contributed by atoms with E-state index in [4.69, 9.17) is 9.84 Å². The van der Waals surface area contributed by atoms with Gasteiger partial charge in [0.1, 0.15) is 11.5 Å². The van der Waals surface area contributed by atoms with E-state index in [1.165, 1.54) is 6.92 Å². The number of ether oxygens (including phenoxy) is 1. The molecule has 0 atom stereocenters. The Labute approximate surface area is 122 Å². The van der Waals surface area contributed by atoms with Crippen LogP contribution in [0.2, 0.25) is 0 Å². The molecule has 0 spiro atoms. The molecule has 0 heterocycles. The summed E-state index contributed by atoms with van der Waals surface area (Å²) in [4.78, 5) is 22.5. The van der Waals surface area contributed by atoms with Crippen molar-refractivity contribution < 1.29 is 19.4 Å². The second-order valence-corrected chi connectivity index (χ2v) is 4.44. The van der Waals surface area contributed by atoms with Gasteiger partial charge in [-0.15, -0.1) is 0 Å². The van der Waals surface area contributed by atoms with Gasteiger partial charge in [-0.2, -0.15) is 0 Å². The topological polar surface area (TPSA) is 63.6 Å². The Hall–Kier alpha value is -2.88. The van der Waals surface area contributed by atoms with Crippen molar-refractivity contribution in [1.29, 1.82) is 0 Å². The number of carbonyl (C=O) groups is 2. The van der Waals surface area contributed by atoms with E-state index in [2.05, 4.69) is 0 Å². The summed E-state index contributed by atoms with van der Waals surface area (Å²) in [6, 6.07) is 15.8. The second kappa shape index (κ2) is 6.52. The van der Waals surface area contributed by atoms with Gasteiger partial charge in [-0.05, 0) is 49.4 Å². The predicted octanol–water partition coefficient (Wildman–Crippen LogP) is 3.69. The van der Waals surface area contributed by atoms with Gasteiger partial charge in [0.25, 0.3) is 0 Å². The third kappa shape index (κ3) is 4.04. The molecule has 4 nitrogen and oxygen atoms in total. The summed E-state index contributed by atoms with van der Waals surface area (Å²) in [6.45, 7) is 1.38. The van der Waals surface area contributed by atoms with Crippen LogP contribution in [0.5, 0.6) is 11.5 Å². The molecule has 1 N–H and O–H groups in total. The van der Waals surface area contributed by atoms with Gasteiger partial charge in [0.05, 0.1) is 0 Å². The second-order valence-electron chi connectivity index (χ2n) is 4.44. The fraction of sp³-hybridized carbons (Fsp3) is 0.0588. The molecule has 2 aromatic carbocycles. The molecule has 21 heavy (non-hydrogen) atoms. The van der Waals surface area contributed by atoms with Crippen molar-refractivity contribution in [3.8, 4) is 11.5 Å². The van der Waals surface area contributed by atoms with Crippen LogP contribution in [-0.4, -0.2) is 16.9 Å². The minimum atomic E-state index is -1.10. The predicted molar refractivity (Wildman–Crippen MR) is 78.7 cm³/mol. The molecule has 0 bridgehead atoms. The number of carbonyl (C=O) groups excluding carboxylic acids is 1. The molecule has 0 aliphatic carbocycles. The van der Waals surface area contributed by atoms with E-state index >= 15 is 0 Å². The maximum Gasteiger partial charge on any atom is 0.331 e. The molecule has 4 heteroatoms. The van der Waals surface area contributed by atoms with Gasteiger partial charge < -0.3 is 9.84 Å². The first-order valence-corrected chi connectivity index (χ1v) is 6.35. The summed E-state index contributed by atoms with van der Waals surface area (Å²) in [5, 5.41) is 8.75. The minimum Gasteiger partial charge on any atom is -0.478 e. The van der Waals surface area contributed by atoms with E-state index in [0.717, 1.165) is 6.08 Å². The third-order valence-electron chi connectivity index (χ3n) is 2.80. The number of hydrogen-bond donors (Lipinski definition) is 1. The Morgan fingerprint density at radius 3 is 2.10 bits per heavy atom. The Morgan fingerprint density at radius 2 is 1.52 bits per heavy atom. The van der Waals surface area contributed by atoms with Crippen LogP contribution in [0.1, 0.15) is 17.3 Å². The van der Waals surface area contributed by atoms with Crippen LogP contribution < -0.4 is 4.74 Å². The van der Waals surface area contributed by atoms with Gasteiger partial charge in [0.2, 0.25) is 0 Å². The quantitative estimate of drug-likeness (QED) is 0.671. The molecule has 0 aromatic heterocycles. The molecule has 0 amide bonds. The van der Waals surface area contributed by atoms with E-state index in [1.807, 2.05) is 30.3 Å². The van der Waals surface area contributed by atoms with Gasteiger partial charge in [-0.1, -0.05) is 18.2 Å². The smallest absolute Gasteiger partial charge is 0.331 e.